The van der Waals surface area contributed by atoms with Crippen molar-refractivity contribution in [3.63, 3.8) is 0 Å². The Kier molecular flexibility index (Phi) is 5.90. The molecule has 0 atom stereocenters. The molecule has 0 amide bonds. The number of hydrogen-bond acceptors (Lipinski definition) is 3. The van der Waals surface area contributed by atoms with E-state index in [9.17, 15) is 0 Å². The summed E-state index contributed by atoms with van der Waals surface area (Å²) in [6, 6.07) is 30.3. The van der Waals surface area contributed by atoms with E-state index >= 15 is 0 Å². The van der Waals surface area contributed by atoms with Crippen LogP contribution in [-0.4, -0.2) is 22.5 Å². The molecule has 1 N–H and O–H groups in total. The maximum atomic E-state index is 8.55. The minimum absolute atomic E-state index is 0.335. The minimum atomic E-state index is 0.335. The molecule has 0 spiro atoms. The number of anilines is 1. The fourth-order valence-corrected chi connectivity index (χ4v) is 3.46. The zero-order valence-electron chi connectivity index (χ0n) is 17.4. The lowest BCUT2D eigenvalue weighted by Crippen LogP contribution is -2.11. The number of nitrogens with zero attached hydrogens (tertiary/aromatic N) is 3. The predicted octanol–water partition coefficient (Wildman–Crippen LogP) is 6.22. The number of nitrogens with one attached hydrogen (secondary N) is 1. The molecule has 4 heteroatoms. The number of allylic oxidation sites excluding steroid dienone is 2. The molecule has 0 unspecified atom stereocenters. The van der Waals surface area contributed by atoms with E-state index in [4.69, 9.17) is 5.41 Å². The van der Waals surface area contributed by atoms with Crippen molar-refractivity contribution in [2.45, 2.75) is 0 Å². The number of aromatic nitrogens is 2. The van der Waals surface area contributed by atoms with E-state index in [0.29, 0.717) is 11.3 Å². The second kappa shape index (κ2) is 9.09. The molecule has 0 radical (unpaired) electrons. The van der Waals surface area contributed by atoms with Crippen LogP contribution >= 0.6 is 0 Å². The van der Waals surface area contributed by atoms with Gasteiger partial charge in [0.25, 0.3) is 0 Å². The second-order valence-electron chi connectivity index (χ2n) is 7.17. The molecule has 0 saturated heterocycles. The van der Waals surface area contributed by atoms with Crippen molar-refractivity contribution in [2.24, 2.45) is 0 Å². The molecule has 4 rings (SSSR count). The topological polar surface area (TPSA) is 44.9 Å². The third-order valence-corrected chi connectivity index (χ3v) is 5.11. The van der Waals surface area contributed by atoms with E-state index in [1.165, 1.54) is 0 Å². The number of hydrogen-bond donors (Lipinski definition) is 1. The molecule has 1 heterocycles. The summed E-state index contributed by atoms with van der Waals surface area (Å²) in [4.78, 5) is 2.03. The lowest BCUT2D eigenvalue weighted by Gasteiger charge is -2.19. The summed E-state index contributed by atoms with van der Waals surface area (Å²) < 4.78 is 1.80. The Labute approximate surface area is 182 Å². The molecule has 0 saturated carbocycles. The quantitative estimate of drug-likeness (QED) is 0.372. The van der Waals surface area contributed by atoms with Gasteiger partial charge >= 0.3 is 0 Å². The Hall–Kier alpha value is -4.18. The monoisotopic (exact) mass is 404 g/mol. The standard InChI is InChI=1S/C27H24N4/c1-21(26-17-19-29-31(26)23-13-7-4-8-14-23)25(28)18-20-30(2)27-16-10-9-15-24(27)22-11-5-3-6-12-22/h3-20,28H,1H2,2H3/b20-18-,28-25?. The summed E-state index contributed by atoms with van der Waals surface area (Å²) in [5.41, 5.74) is 6.05. The average Bonchev–Trinajstić information content (AvgIpc) is 3.33. The van der Waals surface area contributed by atoms with Crippen LogP contribution in [0.4, 0.5) is 5.69 Å². The molecule has 4 aromatic rings. The molecule has 0 fully saturated rings. The van der Waals surface area contributed by atoms with Crippen LogP contribution in [0, 0.1) is 5.41 Å². The molecule has 3 aromatic carbocycles. The molecule has 0 aliphatic carbocycles. The zero-order chi connectivity index (χ0) is 21.6. The van der Waals surface area contributed by atoms with Crippen LogP contribution in [0.25, 0.3) is 22.4 Å². The van der Waals surface area contributed by atoms with E-state index in [1.54, 1.807) is 17.0 Å². The summed E-state index contributed by atoms with van der Waals surface area (Å²) in [6.45, 7) is 4.14. The Bertz CT molecular complexity index is 1220. The van der Waals surface area contributed by atoms with Gasteiger partial charge in [0.1, 0.15) is 0 Å². The highest BCUT2D eigenvalue weighted by molar-refractivity contribution is 6.26. The van der Waals surface area contributed by atoms with E-state index < -0.39 is 0 Å². The van der Waals surface area contributed by atoms with Crippen molar-refractivity contribution in [1.29, 1.82) is 5.41 Å². The Morgan fingerprint density at radius 2 is 1.55 bits per heavy atom. The lowest BCUT2D eigenvalue weighted by molar-refractivity contribution is 0.869. The first-order chi connectivity index (χ1) is 15.1. The first kappa shape index (κ1) is 20.1. The van der Waals surface area contributed by atoms with Crippen LogP contribution in [-0.2, 0) is 0 Å². The van der Waals surface area contributed by atoms with Gasteiger partial charge in [0.2, 0.25) is 0 Å². The maximum Gasteiger partial charge on any atom is 0.0756 e. The van der Waals surface area contributed by atoms with E-state index in [1.807, 2.05) is 84.9 Å². The normalized spacial score (nSPS) is 10.9. The van der Waals surface area contributed by atoms with Gasteiger partial charge in [0.05, 0.1) is 23.3 Å². The predicted molar refractivity (Wildman–Crippen MR) is 130 cm³/mol. The second-order valence-corrected chi connectivity index (χ2v) is 7.17. The molecular formula is C27H24N4. The van der Waals surface area contributed by atoms with Crippen LogP contribution in [0.2, 0.25) is 0 Å². The van der Waals surface area contributed by atoms with E-state index in [0.717, 1.165) is 28.2 Å². The van der Waals surface area contributed by atoms with E-state index in [2.05, 4.69) is 35.9 Å². The fourth-order valence-electron chi connectivity index (χ4n) is 3.46. The van der Waals surface area contributed by atoms with Crippen molar-refractivity contribution in [1.82, 2.24) is 9.78 Å². The van der Waals surface area contributed by atoms with Crippen LogP contribution < -0.4 is 4.90 Å². The third-order valence-electron chi connectivity index (χ3n) is 5.11. The smallest absolute Gasteiger partial charge is 0.0756 e. The summed E-state index contributed by atoms with van der Waals surface area (Å²) in [6.07, 6.45) is 5.40. The van der Waals surface area contributed by atoms with Crippen LogP contribution in [0.1, 0.15) is 5.69 Å². The van der Waals surface area contributed by atoms with Crippen molar-refractivity contribution < 1.29 is 0 Å². The average molecular weight is 405 g/mol. The SMILES string of the molecule is C=C(C(=N)/C=C\N(C)c1ccccc1-c1ccccc1)c1ccnn1-c1ccccc1. The van der Waals surface area contributed by atoms with Crippen molar-refractivity contribution in [3.05, 3.63) is 122 Å². The van der Waals surface area contributed by atoms with Crippen molar-refractivity contribution >= 4 is 17.0 Å². The molecule has 31 heavy (non-hydrogen) atoms. The Balaban J connectivity index is 1.55. The van der Waals surface area contributed by atoms with Gasteiger partial charge in [-0.2, -0.15) is 5.10 Å². The number of para-hydroxylation sites is 2. The molecule has 0 bridgehead atoms. The van der Waals surface area contributed by atoms with Crippen LogP contribution in [0.3, 0.4) is 0 Å². The summed E-state index contributed by atoms with van der Waals surface area (Å²) in [5.74, 6) is 0. The third kappa shape index (κ3) is 4.38. The number of rotatable bonds is 7. The van der Waals surface area contributed by atoms with Gasteiger partial charge in [-0.3, -0.25) is 0 Å². The highest BCUT2D eigenvalue weighted by atomic mass is 15.3. The molecule has 152 valence electrons. The molecule has 1 aromatic heterocycles. The van der Waals surface area contributed by atoms with Gasteiger partial charge < -0.3 is 10.3 Å². The van der Waals surface area contributed by atoms with Gasteiger partial charge in [0, 0.05) is 30.1 Å². The van der Waals surface area contributed by atoms with Crippen LogP contribution in [0.15, 0.2) is 116 Å². The minimum Gasteiger partial charge on any atom is -0.350 e. The van der Waals surface area contributed by atoms with Crippen LogP contribution in [0.5, 0.6) is 0 Å². The fraction of sp³-hybridized carbons (Fsp3) is 0.0370. The molecule has 0 aliphatic heterocycles. The largest absolute Gasteiger partial charge is 0.350 e. The number of benzene rings is 3. The van der Waals surface area contributed by atoms with Gasteiger partial charge in [-0.1, -0.05) is 73.3 Å². The van der Waals surface area contributed by atoms with Gasteiger partial charge in [0.15, 0.2) is 0 Å². The van der Waals surface area contributed by atoms with Crippen molar-refractivity contribution in [2.75, 3.05) is 11.9 Å². The highest BCUT2D eigenvalue weighted by Gasteiger charge is 2.12. The van der Waals surface area contributed by atoms with Gasteiger partial charge in [-0.15, -0.1) is 0 Å². The summed E-state index contributed by atoms with van der Waals surface area (Å²) in [5, 5.41) is 13.0. The Morgan fingerprint density at radius 3 is 2.29 bits per heavy atom. The van der Waals surface area contributed by atoms with E-state index in [-0.39, 0.29) is 0 Å². The molecular weight excluding hydrogens is 380 g/mol. The summed E-state index contributed by atoms with van der Waals surface area (Å²) >= 11 is 0. The summed E-state index contributed by atoms with van der Waals surface area (Å²) in [7, 11) is 1.99. The van der Waals surface area contributed by atoms with Crippen molar-refractivity contribution in [3.8, 4) is 16.8 Å². The first-order valence-corrected chi connectivity index (χ1v) is 10.1. The molecule has 4 nitrogen and oxygen atoms in total. The first-order valence-electron chi connectivity index (χ1n) is 10.1. The van der Waals surface area contributed by atoms with Gasteiger partial charge in [-0.25, -0.2) is 4.68 Å². The highest BCUT2D eigenvalue weighted by Crippen LogP contribution is 2.30. The lowest BCUT2D eigenvalue weighted by atomic mass is 10.0. The maximum absolute atomic E-state index is 8.55. The van der Waals surface area contributed by atoms with Gasteiger partial charge in [-0.05, 0) is 35.9 Å². The molecule has 0 aliphatic rings. The zero-order valence-corrected chi connectivity index (χ0v) is 17.4. The Morgan fingerprint density at radius 1 is 0.903 bits per heavy atom.